The second kappa shape index (κ2) is 23.7. The van der Waals surface area contributed by atoms with E-state index in [0.29, 0.717) is 32.9 Å². The normalized spacial score (nSPS) is 23.8. The molecule has 2 amide bonds. The maximum absolute atomic E-state index is 15.4. The maximum atomic E-state index is 15.4. The van der Waals surface area contributed by atoms with Gasteiger partial charge in [0.2, 0.25) is 11.8 Å². The number of carbonyl (C=O) groups excluding carboxylic acids is 4. The zero-order chi connectivity index (χ0) is 52.9. The SMILES string of the molecule is CCC(CCS(=O)(=O)CC)N1C(=O)C(C)(CC(=O)OC(=O)CC2(C)CC(c3cccc(Cl)c3)C(c3ccc(Cl)cc3)N(C(CC)CCS(=O)(=O)C(C)C)C2=O)CC(c2cccc(Cl)c2)C1c1ccc(Cl)cc1. The smallest absolute Gasteiger partial charge is 0.314 e. The lowest BCUT2D eigenvalue weighted by molar-refractivity contribution is -0.172. The van der Waals surface area contributed by atoms with Crippen LogP contribution in [0.1, 0.15) is 146 Å². The number of likely N-dealkylation sites (tertiary alicyclic amines) is 2. The Hall–Kier alpha value is -3.98. The summed E-state index contributed by atoms with van der Waals surface area (Å²) in [5.74, 6) is -4.05. The molecular weight excluding hydrogens is 1040 g/mol. The maximum Gasteiger partial charge on any atom is 0.314 e. The van der Waals surface area contributed by atoms with E-state index in [9.17, 15) is 26.4 Å². The van der Waals surface area contributed by atoms with Crippen molar-refractivity contribution in [3.63, 3.8) is 0 Å². The Balaban J connectivity index is 1.36. The Morgan fingerprint density at radius 1 is 0.597 bits per heavy atom. The van der Waals surface area contributed by atoms with Crippen molar-refractivity contribution in [3.8, 4) is 0 Å². The zero-order valence-electron chi connectivity index (χ0n) is 42.0. The fraction of sp³-hybridized carbons (Fsp3) is 0.491. The molecule has 0 N–H and O–H groups in total. The van der Waals surface area contributed by atoms with Crippen LogP contribution in [0.15, 0.2) is 97.1 Å². The number of amides is 2. The van der Waals surface area contributed by atoms with Crippen LogP contribution in [0, 0.1) is 10.8 Å². The molecule has 0 bridgehead atoms. The van der Waals surface area contributed by atoms with Crippen LogP contribution >= 0.6 is 46.4 Å². The van der Waals surface area contributed by atoms with Crippen molar-refractivity contribution < 1.29 is 40.8 Å². The predicted octanol–water partition coefficient (Wildman–Crippen LogP) is 12.6. The number of hydrogen-bond donors (Lipinski definition) is 0. The van der Waals surface area contributed by atoms with Crippen molar-refractivity contribution >= 4 is 89.8 Å². The van der Waals surface area contributed by atoms with Crippen LogP contribution < -0.4 is 0 Å². The highest BCUT2D eigenvalue weighted by atomic mass is 35.5. The number of halogens is 4. The summed E-state index contributed by atoms with van der Waals surface area (Å²) in [6.07, 6.45) is 0.332. The third-order valence-electron chi connectivity index (χ3n) is 14.9. The Kier molecular flexibility index (Phi) is 18.9. The van der Waals surface area contributed by atoms with E-state index in [2.05, 4.69) is 0 Å². The van der Waals surface area contributed by atoms with Crippen LogP contribution in [-0.4, -0.2) is 85.0 Å². The number of hydrogen-bond acceptors (Lipinski definition) is 9. The van der Waals surface area contributed by atoms with Gasteiger partial charge in [-0.05, 0) is 123 Å². The molecule has 4 aromatic rings. The molecule has 11 nitrogen and oxygen atoms in total. The molecule has 0 radical (unpaired) electrons. The van der Waals surface area contributed by atoms with Crippen molar-refractivity contribution in [2.24, 2.45) is 10.8 Å². The Labute approximate surface area is 446 Å². The van der Waals surface area contributed by atoms with Crippen molar-refractivity contribution in [2.75, 3.05) is 17.3 Å². The third-order valence-corrected chi connectivity index (χ3v) is 19.8. The highest BCUT2D eigenvalue weighted by Gasteiger charge is 2.55. The van der Waals surface area contributed by atoms with Crippen LogP contribution in [0.5, 0.6) is 0 Å². The minimum atomic E-state index is -3.51. The lowest BCUT2D eigenvalue weighted by Gasteiger charge is -2.52. The number of esters is 2. The average molecular weight is 1110 g/mol. The summed E-state index contributed by atoms with van der Waals surface area (Å²) in [7, 11) is -6.94. The number of benzene rings is 4. The number of ether oxygens (including phenoxy) is 1. The van der Waals surface area contributed by atoms with Crippen LogP contribution in [0.3, 0.4) is 0 Å². The monoisotopic (exact) mass is 1100 g/mol. The topological polar surface area (TPSA) is 152 Å². The predicted molar refractivity (Wildman–Crippen MR) is 287 cm³/mol. The first-order valence-electron chi connectivity index (χ1n) is 24.7. The molecule has 390 valence electrons. The average Bonchev–Trinajstić information content (AvgIpc) is 3.32. The van der Waals surface area contributed by atoms with E-state index in [4.69, 9.17) is 51.1 Å². The van der Waals surface area contributed by atoms with Gasteiger partial charge in [0.15, 0.2) is 9.84 Å². The van der Waals surface area contributed by atoms with Gasteiger partial charge in [-0.3, -0.25) is 19.2 Å². The molecule has 4 aromatic carbocycles. The minimum Gasteiger partial charge on any atom is -0.393 e. The lowest BCUT2D eigenvalue weighted by Crippen LogP contribution is -2.56. The van der Waals surface area contributed by atoms with E-state index >= 15 is 9.59 Å². The van der Waals surface area contributed by atoms with Gasteiger partial charge in [-0.15, -0.1) is 0 Å². The van der Waals surface area contributed by atoms with Gasteiger partial charge in [-0.2, -0.15) is 0 Å². The van der Waals surface area contributed by atoms with Crippen molar-refractivity contribution in [2.45, 2.75) is 141 Å². The summed E-state index contributed by atoms with van der Waals surface area (Å²) in [5, 5.41) is 1.28. The van der Waals surface area contributed by atoms with Gasteiger partial charge in [0.05, 0.1) is 52.5 Å². The van der Waals surface area contributed by atoms with Gasteiger partial charge >= 0.3 is 11.9 Å². The second-order valence-electron chi connectivity index (χ2n) is 20.3. The first kappa shape index (κ1) is 57.3. The molecule has 0 aliphatic carbocycles. The number of nitrogens with zero attached hydrogens (tertiary/aromatic N) is 2. The number of piperidine rings is 2. The van der Waals surface area contributed by atoms with Crippen LogP contribution in [0.4, 0.5) is 0 Å². The Bertz CT molecular complexity index is 2830. The van der Waals surface area contributed by atoms with E-state index in [-0.39, 0.29) is 42.9 Å². The van der Waals surface area contributed by atoms with E-state index in [1.165, 1.54) is 0 Å². The first-order chi connectivity index (χ1) is 33.9. The lowest BCUT2D eigenvalue weighted by atomic mass is 9.66. The van der Waals surface area contributed by atoms with Crippen molar-refractivity contribution in [3.05, 3.63) is 139 Å². The largest absolute Gasteiger partial charge is 0.393 e. The molecule has 0 saturated carbocycles. The minimum absolute atomic E-state index is 0.0601. The summed E-state index contributed by atoms with van der Waals surface area (Å²) in [6, 6.07) is 26.5. The number of carbonyl (C=O) groups is 4. The Morgan fingerprint density at radius 3 is 1.33 bits per heavy atom. The molecule has 8 atom stereocenters. The molecule has 2 aliphatic heterocycles. The number of rotatable bonds is 20. The molecule has 0 aromatic heterocycles. The van der Waals surface area contributed by atoms with E-state index in [0.717, 1.165) is 22.3 Å². The number of sulfone groups is 2. The van der Waals surface area contributed by atoms with Crippen molar-refractivity contribution in [1.82, 2.24) is 9.80 Å². The first-order valence-corrected chi connectivity index (χ1v) is 29.7. The summed E-state index contributed by atoms with van der Waals surface area (Å²) in [4.78, 5) is 62.9. The van der Waals surface area contributed by atoms with Gasteiger partial charge in [0.25, 0.3) is 0 Å². The van der Waals surface area contributed by atoms with E-state index in [1.54, 1.807) is 80.8 Å². The molecule has 72 heavy (non-hydrogen) atoms. The Morgan fingerprint density at radius 2 is 0.986 bits per heavy atom. The van der Waals surface area contributed by atoms with Gasteiger partial charge in [-0.25, -0.2) is 16.8 Å². The molecule has 8 unspecified atom stereocenters. The molecule has 6 rings (SSSR count). The quantitative estimate of drug-likeness (QED) is 0.0622. The summed E-state index contributed by atoms with van der Waals surface area (Å²) >= 11 is 26.0. The molecule has 2 aliphatic rings. The molecule has 0 spiro atoms. The third kappa shape index (κ3) is 13.3. The fourth-order valence-corrected chi connectivity index (χ4v) is 13.4. The molecule has 2 fully saturated rings. The summed E-state index contributed by atoms with van der Waals surface area (Å²) in [6.45, 7) is 12.0. The molecule has 2 saturated heterocycles. The van der Waals surface area contributed by atoms with E-state index < -0.39 is 108 Å². The second-order valence-corrected chi connectivity index (χ2v) is 27.2. The fourth-order valence-electron chi connectivity index (χ4n) is 10.8. The van der Waals surface area contributed by atoms with Gasteiger partial charge < -0.3 is 14.5 Å². The summed E-state index contributed by atoms with van der Waals surface area (Å²) in [5.41, 5.74) is 0.176. The van der Waals surface area contributed by atoms with Crippen LogP contribution in [0.2, 0.25) is 20.1 Å². The molecular formula is C55H66Cl4N2O9S2. The zero-order valence-corrected chi connectivity index (χ0v) is 46.6. The van der Waals surface area contributed by atoms with E-state index in [1.807, 2.05) is 74.5 Å². The van der Waals surface area contributed by atoms with Crippen molar-refractivity contribution in [1.29, 1.82) is 0 Å². The molecule has 17 heteroatoms. The van der Waals surface area contributed by atoms with Gasteiger partial charge in [0, 0.05) is 49.8 Å². The highest BCUT2D eigenvalue weighted by molar-refractivity contribution is 7.92. The van der Waals surface area contributed by atoms with Crippen LogP contribution in [0.25, 0.3) is 0 Å². The molecule has 2 heterocycles. The highest BCUT2D eigenvalue weighted by Crippen LogP contribution is 2.55. The standard InChI is InChI=1S/C55H66Cl4N2O9S2/c1-8-44(25-27-71(66,67)10-3)60-50(36-17-21-40(56)22-18-36)46(38-13-11-15-42(58)29-38)31-54(6,52(60)64)33-48(62)70-49(63)34-55(7)32-47(39-14-12-16-43(59)30-39)51(37-19-23-41(57)24-20-37)61(53(55)65)45(9-2)26-28-72(68,69)35(4)5/h11-24,29-30,35,44-47,50-51H,8-10,25-28,31-34H2,1-7H3. The summed E-state index contributed by atoms with van der Waals surface area (Å²) < 4.78 is 58.0. The van der Waals surface area contributed by atoms with Gasteiger partial charge in [0.1, 0.15) is 9.84 Å². The van der Waals surface area contributed by atoms with Crippen LogP contribution in [-0.2, 0) is 43.6 Å². The van der Waals surface area contributed by atoms with Gasteiger partial charge in [-0.1, -0.05) is 130 Å².